The molecular weight excluding hydrogens is 503 g/mol. The van der Waals surface area contributed by atoms with Crippen LogP contribution in [-0.4, -0.2) is 73.4 Å². The number of aliphatic hydroxyl groups is 1. The molecule has 0 spiro atoms. The van der Waals surface area contributed by atoms with Crippen molar-refractivity contribution in [2.24, 2.45) is 0 Å². The number of quaternary nitrogens is 1. The Labute approximate surface area is 233 Å². The average molecular weight is 562 g/mol. The summed E-state index contributed by atoms with van der Waals surface area (Å²) in [6.07, 6.45) is 21.5. The number of unbranched alkanes of at least 4 members (excludes halogenated alkanes) is 10. The van der Waals surface area contributed by atoms with E-state index in [1.165, 1.54) is 32.1 Å². The molecule has 3 N–H and O–H groups in total. The number of amides is 1. The predicted octanol–water partition coefficient (Wildman–Crippen LogP) is 6.29. The Bertz CT molecular complexity index is 693. The molecule has 38 heavy (non-hydrogen) atoms. The molecule has 0 aromatic carbocycles. The van der Waals surface area contributed by atoms with E-state index in [0.29, 0.717) is 17.4 Å². The highest BCUT2D eigenvalue weighted by atomic mass is 31.2. The molecule has 0 fully saturated rings. The van der Waals surface area contributed by atoms with Crippen LogP contribution in [0.2, 0.25) is 0 Å². The molecule has 0 aromatic heterocycles. The number of likely N-dealkylation sites (N-methyl/N-ethyl adjacent to an activating group) is 1. The molecular formula is C29H58N2O6P+. The molecule has 1 amide bonds. The third kappa shape index (κ3) is 24.1. The van der Waals surface area contributed by atoms with E-state index in [-0.39, 0.29) is 19.1 Å². The normalized spacial score (nSPS) is 15.7. The van der Waals surface area contributed by atoms with E-state index in [9.17, 15) is 19.4 Å². The summed E-state index contributed by atoms with van der Waals surface area (Å²) in [5.74, 6) is -0.201. The van der Waals surface area contributed by atoms with Crippen molar-refractivity contribution in [3.05, 3.63) is 24.3 Å². The van der Waals surface area contributed by atoms with Crippen LogP contribution in [-0.2, 0) is 18.4 Å². The smallest absolute Gasteiger partial charge is 0.387 e. The van der Waals surface area contributed by atoms with Gasteiger partial charge in [-0.3, -0.25) is 13.8 Å². The van der Waals surface area contributed by atoms with Crippen molar-refractivity contribution in [2.45, 2.75) is 116 Å². The van der Waals surface area contributed by atoms with Gasteiger partial charge in [0.25, 0.3) is 0 Å². The number of nitrogens with one attached hydrogen (secondary N) is 1. The lowest BCUT2D eigenvalue weighted by molar-refractivity contribution is -0.870. The van der Waals surface area contributed by atoms with Gasteiger partial charge in [-0.1, -0.05) is 83.1 Å². The first-order valence-electron chi connectivity index (χ1n) is 14.7. The van der Waals surface area contributed by atoms with Crippen LogP contribution in [0.25, 0.3) is 0 Å². The number of carbonyl (C=O) groups excluding carboxylic acids is 1. The van der Waals surface area contributed by atoms with Gasteiger partial charge in [0.05, 0.1) is 39.9 Å². The molecule has 8 nitrogen and oxygen atoms in total. The van der Waals surface area contributed by atoms with Crippen LogP contribution in [0.3, 0.4) is 0 Å². The molecule has 0 saturated carbocycles. The molecule has 0 radical (unpaired) electrons. The van der Waals surface area contributed by atoms with Crippen LogP contribution in [0.4, 0.5) is 0 Å². The van der Waals surface area contributed by atoms with E-state index < -0.39 is 20.0 Å². The van der Waals surface area contributed by atoms with Crippen LogP contribution in [0.15, 0.2) is 24.3 Å². The largest absolute Gasteiger partial charge is 0.472 e. The third-order valence-corrected chi connectivity index (χ3v) is 7.15. The van der Waals surface area contributed by atoms with Gasteiger partial charge >= 0.3 is 7.82 Å². The molecule has 3 unspecified atom stereocenters. The molecule has 0 saturated heterocycles. The Morgan fingerprint density at radius 3 is 2.08 bits per heavy atom. The summed E-state index contributed by atoms with van der Waals surface area (Å²) in [5, 5.41) is 13.4. The van der Waals surface area contributed by atoms with Gasteiger partial charge in [0.15, 0.2) is 0 Å². The summed E-state index contributed by atoms with van der Waals surface area (Å²) in [6, 6.07) is -0.841. The Morgan fingerprint density at radius 1 is 0.868 bits per heavy atom. The Morgan fingerprint density at radius 2 is 1.45 bits per heavy atom. The fourth-order valence-electron chi connectivity index (χ4n) is 3.66. The number of hydrogen-bond acceptors (Lipinski definition) is 5. The van der Waals surface area contributed by atoms with Gasteiger partial charge in [-0.25, -0.2) is 4.57 Å². The number of allylic oxidation sites excluding steroid dienone is 3. The van der Waals surface area contributed by atoms with Crippen LogP contribution in [0.1, 0.15) is 104 Å². The standard InChI is InChI=1S/C29H57N2O6P/c1-6-8-10-12-13-14-15-16-17-18-19-21-23-29(33)30-27(28(32)22-20-11-9-7-2)26-37-38(34,35)36-25-24-31(3,4)5/h13-14,20,22,27-28,32H,6-12,15-19,21,23-26H2,1-5H3,(H-,30,33,34,35)/p+1/b14-13-,22-20+. The van der Waals surface area contributed by atoms with Gasteiger partial charge in [-0.05, 0) is 38.5 Å². The van der Waals surface area contributed by atoms with E-state index in [0.717, 1.165) is 51.4 Å². The number of aliphatic hydroxyl groups excluding tert-OH is 1. The van der Waals surface area contributed by atoms with E-state index in [1.54, 1.807) is 6.08 Å². The quantitative estimate of drug-likeness (QED) is 0.0524. The SMILES string of the molecule is CCCC/C=C/C(O)C(COP(=O)(O)OCC[N+](C)(C)C)NC(=O)CCCCCCC/C=C\CCCCC. The van der Waals surface area contributed by atoms with Gasteiger partial charge in [0, 0.05) is 6.42 Å². The molecule has 9 heteroatoms. The van der Waals surface area contributed by atoms with Crippen molar-refractivity contribution >= 4 is 13.7 Å². The number of phosphoric acid groups is 1. The first-order chi connectivity index (χ1) is 18.0. The Kier molecular flexibility index (Phi) is 22.1. The predicted molar refractivity (Wildman–Crippen MR) is 157 cm³/mol. The van der Waals surface area contributed by atoms with Crippen molar-refractivity contribution in [1.29, 1.82) is 0 Å². The lowest BCUT2D eigenvalue weighted by Crippen LogP contribution is -2.45. The van der Waals surface area contributed by atoms with Gasteiger partial charge in [0.1, 0.15) is 13.2 Å². The average Bonchev–Trinajstić information content (AvgIpc) is 2.84. The summed E-state index contributed by atoms with van der Waals surface area (Å²) in [4.78, 5) is 22.6. The fourth-order valence-corrected chi connectivity index (χ4v) is 4.40. The van der Waals surface area contributed by atoms with Gasteiger partial charge in [-0.2, -0.15) is 0 Å². The van der Waals surface area contributed by atoms with Gasteiger partial charge in [-0.15, -0.1) is 0 Å². The molecule has 224 valence electrons. The minimum atomic E-state index is -4.30. The van der Waals surface area contributed by atoms with Gasteiger partial charge in [0.2, 0.25) is 5.91 Å². The topological polar surface area (TPSA) is 105 Å². The minimum Gasteiger partial charge on any atom is -0.387 e. The minimum absolute atomic E-state index is 0.0586. The van der Waals surface area contributed by atoms with E-state index in [2.05, 4.69) is 31.3 Å². The highest BCUT2D eigenvalue weighted by Gasteiger charge is 2.27. The number of phosphoric ester groups is 1. The Balaban J connectivity index is 4.49. The summed E-state index contributed by atoms with van der Waals surface area (Å²) in [5.41, 5.74) is 0. The lowest BCUT2D eigenvalue weighted by atomic mass is 10.1. The fraction of sp³-hybridized carbons (Fsp3) is 0.828. The zero-order valence-corrected chi connectivity index (χ0v) is 25.8. The van der Waals surface area contributed by atoms with Crippen molar-refractivity contribution in [3.8, 4) is 0 Å². The molecule has 0 aromatic rings. The van der Waals surface area contributed by atoms with Crippen LogP contribution < -0.4 is 5.32 Å². The van der Waals surface area contributed by atoms with E-state index >= 15 is 0 Å². The first kappa shape index (κ1) is 37.0. The van der Waals surface area contributed by atoms with Gasteiger partial charge < -0.3 is 19.8 Å². The monoisotopic (exact) mass is 561 g/mol. The molecule has 0 bridgehead atoms. The summed E-state index contributed by atoms with van der Waals surface area (Å²) in [6.45, 7) is 4.58. The van der Waals surface area contributed by atoms with Crippen LogP contribution in [0, 0.1) is 0 Å². The third-order valence-electron chi connectivity index (χ3n) is 6.17. The second kappa shape index (κ2) is 22.8. The van der Waals surface area contributed by atoms with Crippen molar-refractivity contribution in [2.75, 3.05) is 40.9 Å². The highest BCUT2D eigenvalue weighted by molar-refractivity contribution is 7.47. The maximum atomic E-state index is 12.5. The molecule has 0 aliphatic rings. The lowest BCUT2D eigenvalue weighted by Gasteiger charge is -2.25. The number of carbonyl (C=O) groups is 1. The van der Waals surface area contributed by atoms with Crippen molar-refractivity contribution in [1.82, 2.24) is 5.32 Å². The molecule has 0 aliphatic heterocycles. The molecule has 0 heterocycles. The first-order valence-corrected chi connectivity index (χ1v) is 16.2. The molecule has 0 aliphatic carbocycles. The maximum absolute atomic E-state index is 12.5. The zero-order chi connectivity index (χ0) is 28.7. The van der Waals surface area contributed by atoms with Crippen molar-refractivity contribution in [3.63, 3.8) is 0 Å². The maximum Gasteiger partial charge on any atom is 0.472 e. The Hall–Kier alpha value is -1.02. The van der Waals surface area contributed by atoms with Crippen LogP contribution in [0.5, 0.6) is 0 Å². The number of rotatable bonds is 25. The number of hydrogen-bond donors (Lipinski definition) is 3. The van der Waals surface area contributed by atoms with E-state index in [4.69, 9.17) is 9.05 Å². The summed E-state index contributed by atoms with van der Waals surface area (Å²) < 4.78 is 23.1. The van der Waals surface area contributed by atoms with Crippen LogP contribution >= 0.6 is 7.82 Å². The zero-order valence-electron chi connectivity index (χ0n) is 24.9. The second-order valence-corrected chi connectivity index (χ2v) is 12.6. The number of nitrogens with zero attached hydrogens (tertiary/aromatic N) is 1. The summed E-state index contributed by atoms with van der Waals surface area (Å²) >= 11 is 0. The summed E-state index contributed by atoms with van der Waals surface area (Å²) in [7, 11) is 1.55. The molecule has 3 atom stereocenters. The highest BCUT2D eigenvalue weighted by Crippen LogP contribution is 2.43. The molecule has 0 rings (SSSR count). The second-order valence-electron chi connectivity index (χ2n) is 11.1. The van der Waals surface area contributed by atoms with E-state index in [1.807, 2.05) is 27.2 Å². The van der Waals surface area contributed by atoms with Crippen molar-refractivity contribution < 1.29 is 32.9 Å².